The lowest BCUT2D eigenvalue weighted by atomic mass is 10.2. The van der Waals surface area contributed by atoms with E-state index in [1.807, 2.05) is 32.0 Å². The Hall–Kier alpha value is -1.85. The molecule has 1 aromatic heterocycles. The molecule has 0 spiro atoms. The van der Waals surface area contributed by atoms with Crippen LogP contribution in [-0.2, 0) is 14.8 Å². The lowest BCUT2D eigenvalue weighted by molar-refractivity contribution is -0.0440. The summed E-state index contributed by atoms with van der Waals surface area (Å²) in [4.78, 5) is 17.1. The minimum Gasteiger partial charge on any atom is -0.373 e. The van der Waals surface area contributed by atoms with Crippen LogP contribution in [0, 0.1) is 0 Å². The third-order valence-electron chi connectivity index (χ3n) is 4.71. The van der Waals surface area contributed by atoms with Crippen LogP contribution in [0.2, 0.25) is 0 Å². The molecule has 1 saturated heterocycles. The highest BCUT2D eigenvalue weighted by Gasteiger charge is 2.32. The van der Waals surface area contributed by atoms with E-state index in [0.717, 1.165) is 14.7 Å². The number of carbonyl (C=O) groups is 1. The van der Waals surface area contributed by atoms with Crippen molar-refractivity contribution in [1.82, 2.24) is 9.29 Å². The van der Waals surface area contributed by atoms with Gasteiger partial charge in [-0.3, -0.25) is 10.1 Å². The van der Waals surface area contributed by atoms with E-state index in [4.69, 9.17) is 4.74 Å². The van der Waals surface area contributed by atoms with E-state index in [0.29, 0.717) is 23.8 Å². The maximum absolute atomic E-state index is 12.9. The first-order chi connectivity index (χ1) is 14.2. The number of nitrogens with one attached hydrogen (secondary N) is 1. The zero-order valence-electron chi connectivity index (χ0n) is 16.3. The molecule has 1 amide bonds. The van der Waals surface area contributed by atoms with Crippen LogP contribution in [0.15, 0.2) is 51.8 Å². The molecular weight excluding hydrogens is 490 g/mol. The Morgan fingerprint density at radius 1 is 1.17 bits per heavy atom. The third-order valence-corrected chi connectivity index (χ3v) is 7.98. The molecule has 0 aliphatic carbocycles. The summed E-state index contributed by atoms with van der Waals surface area (Å²) in [7, 11) is -3.64. The molecular formula is C20H20BrN3O4S2. The summed E-state index contributed by atoms with van der Waals surface area (Å²) in [6.45, 7) is 4.32. The fourth-order valence-electron chi connectivity index (χ4n) is 3.38. The van der Waals surface area contributed by atoms with Crippen molar-refractivity contribution in [2.45, 2.75) is 31.0 Å². The average Bonchev–Trinajstić information content (AvgIpc) is 3.08. The number of thiazole rings is 1. The fourth-order valence-corrected chi connectivity index (χ4v) is 6.38. The molecule has 1 aliphatic heterocycles. The first-order valence-corrected chi connectivity index (χ1v) is 12.4. The number of hydrogen-bond acceptors (Lipinski definition) is 6. The van der Waals surface area contributed by atoms with Gasteiger partial charge in [-0.05, 0) is 56.3 Å². The predicted molar refractivity (Wildman–Crippen MR) is 120 cm³/mol. The number of aromatic nitrogens is 1. The van der Waals surface area contributed by atoms with E-state index in [2.05, 4.69) is 26.2 Å². The summed E-state index contributed by atoms with van der Waals surface area (Å²) < 4.78 is 34.8. The Bertz CT molecular complexity index is 1180. The largest absolute Gasteiger partial charge is 0.373 e. The van der Waals surface area contributed by atoms with Gasteiger partial charge in [0.1, 0.15) is 0 Å². The molecule has 2 unspecified atom stereocenters. The number of fused-ring (bicyclic) bond motifs is 1. The highest BCUT2D eigenvalue weighted by Crippen LogP contribution is 2.29. The summed E-state index contributed by atoms with van der Waals surface area (Å²) in [5.74, 6) is -0.342. The van der Waals surface area contributed by atoms with Gasteiger partial charge in [-0.1, -0.05) is 27.3 Å². The molecule has 1 aliphatic rings. The minimum absolute atomic E-state index is 0.158. The highest BCUT2D eigenvalue weighted by atomic mass is 79.9. The molecule has 3 aromatic rings. The summed E-state index contributed by atoms with van der Waals surface area (Å²) in [6, 6.07) is 11.7. The molecule has 1 fully saturated rings. The maximum Gasteiger partial charge on any atom is 0.257 e. The van der Waals surface area contributed by atoms with E-state index < -0.39 is 10.0 Å². The van der Waals surface area contributed by atoms with Gasteiger partial charge in [-0.25, -0.2) is 13.4 Å². The van der Waals surface area contributed by atoms with Gasteiger partial charge in [0, 0.05) is 23.1 Å². The van der Waals surface area contributed by atoms with Gasteiger partial charge in [0.05, 0.1) is 27.3 Å². The van der Waals surface area contributed by atoms with Crippen molar-refractivity contribution >= 4 is 58.5 Å². The predicted octanol–water partition coefficient (Wildman–Crippen LogP) is 4.11. The van der Waals surface area contributed by atoms with E-state index in [9.17, 15) is 13.2 Å². The Morgan fingerprint density at radius 3 is 2.50 bits per heavy atom. The number of sulfonamides is 1. The summed E-state index contributed by atoms with van der Waals surface area (Å²) >= 11 is 4.79. The van der Waals surface area contributed by atoms with E-state index in [1.165, 1.54) is 39.9 Å². The molecule has 2 aromatic carbocycles. The van der Waals surface area contributed by atoms with E-state index in [1.54, 1.807) is 0 Å². The van der Waals surface area contributed by atoms with Crippen molar-refractivity contribution in [3.8, 4) is 0 Å². The van der Waals surface area contributed by atoms with Crippen molar-refractivity contribution in [2.24, 2.45) is 0 Å². The monoisotopic (exact) mass is 509 g/mol. The Balaban J connectivity index is 1.50. The zero-order chi connectivity index (χ0) is 21.5. The second kappa shape index (κ2) is 8.35. The third kappa shape index (κ3) is 4.42. The Kier molecular flexibility index (Phi) is 5.95. The van der Waals surface area contributed by atoms with Crippen LogP contribution in [0.1, 0.15) is 24.2 Å². The molecule has 0 saturated carbocycles. The van der Waals surface area contributed by atoms with Crippen LogP contribution in [-0.4, -0.2) is 48.9 Å². The standard InChI is InChI=1S/C20H20BrN3O4S2/c1-12-10-24(11-13(2)28-12)30(26,27)16-6-3-14(4-7-16)19(25)23-20-22-17-8-5-15(21)9-18(17)29-20/h3-9,12-13H,10-11H2,1-2H3,(H,22,23,25). The topological polar surface area (TPSA) is 88.6 Å². The van der Waals surface area contributed by atoms with Gasteiger partial charge in [0.25, 0.3) is 5.91 Å². The number of hydrogen-bond donors (Lipinski definition) is 1. The van der Waals surface area contributed by atoms with Crippen LogP contribution in [0.3, 0.4) is 0 Å². The first-order valence-electron chi connectivity index (χ1n) is 9.35. The molecule has 2 heterocycles. The Morgan fingerprint density at radius 2 is 1.83 bits per heavy atom. The van der Waals surface area contributed by atoms with Crippen molar-refractivity contribution < 1.29 is 17.9 Å². The lowest BCUT2D eigenvalue weighted by Crippen LogP contribution is -2.48. The number of rotatable bonds is 4. The minimum atomic E-state index is -3.64. The van der Waals surface area contributed by atoms with Crippen LogP contribution < -0.4 is 5.32 Å². The van der Waals surface area contributed by atoms with Crippen LogP contribution in [0.25, 0.3) is 10.2 Å². The van der Waals surface area contributed by atoms with Gasteiger partial charge in [0.2, 0.25) is 10.0 Å². The molecule has 0 bridgehead atoms. The number of nitrogens with zero attached hydrogens (tertiary/aromatic N) is 2. The normalized spacial score (nSPS) is 20.4. The molecule has 1 N–H and O–H groups in total. The second-order valence-corrected chi connectivity index (χ2v) is 11.1. The maximum atomic E-state index is 12.9. The van der Waals surface area contributed by atoms with Gasteiger partial charge in [-0.15, -0.1) is 0 Å². The average molecular weight is 510 g/mol. The molecule has 30 heavy (non-hydrogen) atoms. The van der Waals surface area contributed by atoms with Crippen molar-refractivity contribution in [3.63, 3.8) is 0 Å². The second-order valence-electron chi connectivity index (χ2n) is 7.19. The van der Waals surface area contributed by atoms with Crippen LogP contribution >= 0.6 is 27.3 Å². The van der Waals surface area contributed by atoms with Crippen LogP contribution in [0.5, 0.6) is 0 Å². The number of anilines is 1. The van der Waals surface area contributed by atoms with E-state index >= 15 is 0 Å². The summed E-state index contributed by atoms with van der Waals surface area (Å²) in [6.07, 6.45) is -0.328. The molecule has 2 atom stereocenters. The van der Waals surface area contributed by atoms with Gasteiger partial charge in [0.15, 0.2) is 5.13 Å². The quantitative estimate of drug-likeness (QED) is 0.571. The number of benzene rings is 2. The SMILES string of the molecule is CC1CN(S(=O)(=O)c2ccc(C(=O)Nc3nc4ccc(Br)cc4s3)cc2)CC(C)O1. The van der Waals surface area contributed by atoms with Crippen LogP contribution in [0.4, 0.5) is 5.13 Å². The fraction of sp³-hybridized carbons (Fsp3) is 0.300. The molecule has 4 rings (SSSR count). The lowest BCUT2D eigenvalue weighted by Gasteiger charge is -2.34. The number of ether oxygens (including phenoxy) is 1. The molecule has 7 nitrogen and oxygen atoms in total. The number of amides is 1. The van der Waals surface area contributed by atoms with Crippen molar-refractivity contribution in [3.05, 3.63) is 52.5 Å². The number of halogens is 1. The summed E-state index contributed by atoms with van der Waals surface area (Å²) in [5.41, 5.74) is 1.16. The van der Waals surface area contributed by atoms with E-state index in [-0.39, 0.29) is 23.0 Å². The van der Waals surface area contributed by atoms with Crippen molar-refractivity contribution in [2.75, 3.05) is 18.4 Å². The van der Waals surface area contributed by atoms with Gasteiger partial charge >= 0.3 is 0 Å². The summed E-state index contributed by atoms with van der Waals surface area (Å²) in [5, 5.41) is 3.26. The Labute approximate surface area is 187 Å². The van der Waals surface area contributed by atoms with Crippen molar-refractivity contribution in [1.29, 1.82) is 0 Å². The molecule has 158 valence electrons. The highest BCUT2D eigenvalue weighted by molar-refractivity contribution is 9.10. The zero-order valence-corrected chi connectivity index (χ0v) is 19.6. The van der Waals surface area contributed by atoms with Gasteiger partial charge < -0.3 is 4.74 Å². The smallest absolute Gasteiger partial charge is 0.257 e. The number of carbonyl (C=O) groups excluding carboxylic acids is 1. The number of morpholine rings is 1. The molecule has 0 radical (unpaired) electrons. The van der Waals surface area contributed by atoms with Gasteiger partial charge in [-0.2, -0.15) is 4.31 Å². The molecule has 10 heteroatoms. The first kappa shape index (κ1) is 21.4.